The van der Waals surface area contributed by atoms with E-state index in [2.05, 4.69) is 33.0 Å². The molecule has 0 saturated carbocycles. The highest BCUT2D eigenvalue weighted by molar-refractivity contribution is 9.11. The van der Waals surface area contributed by atoms with Gasteiger partial charge in [-0.1, -0.05) is 0 Å². The highest BCUT2D eigenvalue weighted by atomic mass is 79.9. The SMILES string of the molecule is O=C(O)CN1CCN(Cc2ccc(Br)s2)CC1. The average Bonchev–Trinajstić information content (AvgIpc) is 2.66. The summed E-state index contributed by atoms with van der Waals surface area (Å²) in [6.07, 6.45) is 0. The van der Waals surface area contributed by atoms with Gasteiger partial charge in [-0.2, -0.15) is 0 Å². The summed E-state index contributed by atoms with van der Waals surface area (Å²) < 4.78 is 1.16. The third-order valence-corrected chi connectivity index (χ3v) is 4.44. The van der Waals surface area contributed by atoms with Crippen molar-refractivity contribution >= 4 is 33.2 Å². The molecule has 0 amide bonds. The first-order valence-electron chi connectivity index (χ1n) is 5.54. The van der Waals surface area contributed by atoms with Crippen LogP contribution < -0.4 is 0 Å². The molecule has 0 spiro atoms. The van der Waals surface area contributed by atoms with Crippen LogP contribution in [0.15, 0.2) is 15.9 Å². The zero-order chi connectivity index (χ0) is 12.3. The summed E-state index contributed by atoms with van der Waals surface area (Å²) in [5, 5.41) is 8.71. The fourth-order valence-corrected chi connectivity index (χ4v) is 3.48. The molecule has 2 rings (SSSR count). The summed E-state index contributed by atoms with van der Waals surface area (Å²) in [6.45, 7) is 4.72. The highest BCUT2D eigenvalue weighted by Gasteiger charge is 2.18. The van der Waals surface area contributed by atoms with Gasteiger partial charge in [-0.25, -0.2) is 0 Å². The van der Waals surface area contributed by atoms with Crippen molar-refractivity contribution in [1.29, 1.82) is 0 Å². The van der Waals surface area contributed by atoms with Crippen LogP contribution in [0.2, 0.25) is 0 Å². The molecule has 1 saturated heterocycles. The fraction of sp³-hybridized carbons (Fsp3) is 0.545. The maximum absolute atomic E-state index is 10.6. The summed E-state index contributed by atoms with van der Waals surface area (Å²) in [6, 6.07) is 4.21. The van der Waals surface area contributed by atoms with E-state index in [1.54, 1.807) is 11.3 Å². The number of hydrogen-bond acceptors (Lipinski definition) is 4. The van der Waals surface area contributed by atoms with E-state index in [0.717, 1.165) is 36.5 Å². The zero-order valence-electron chi connectivity index (χ0n) is 9.43. The topological polar surface area (TPSA) is 43.8 Å². The third-order valence-electron chi connectivity index (χ3n) is 2.83. The molecule has 1 fully saturated rings. The number of nitrogens with zero attached hydrogens (tertiary/aromatic N) is 2. The van der Waals surface area contributed by atoms with Gasteiger partial charge in [0.15, 0.2) is 0 Å². The normalized spacial score (nSPS) is 18.4. The van der Waals surface area contributed by atoms with Crippen LogP contribution in [0.3, 0.4) is 0 Å². The first-order chi connectivity index (χ1) is 8.13. The van der Waals surface area contributed by atoms with Crippen LogP contribution in [0, 0.1) is 0 Å². The van der Waals surface area contributed by atoms with E-state index >= 15 is 0 Å². The van der Waals surface area contributed by atoms with Crippen molar-refractivity contribution in [3.05, 3.63) is 20.8 Å². The molecule has 0 bridgehead atoms. The minimum absolute atomic E-state index is 0.165. The number of halogens is 1. The second-order valence-corrected chi connectivity index (χ2v) is 6.70. The number of hydrogen-bond donors (Lipinski definition) is 1. The standard InChI is InChI=1S/C11H15BrN2O2S/c12-10-2-1-9(17-10)7-13-3-5-14(6-4-13)8-11(15)16/h1-2H,3-8H2,(H,15,16). The molecule has 4 nitrogen and oxygen atoms in total. The van der Waals surface area contributed by atoms with Crippen LogP contribution in [-0.4, -0.2) is 53.6 Å². The van der Waals surface area contributed by atoms with E-state index in [-0.39, 0.29) is 6.54 Å². The zero-order valence-corrected chi connectivity index (χ0v) is 11.8. The van der Waals surface area contributed by atoms with Gasteiger partial charge in [0.05, 0.1) is 10.3 Å². The molecule has 1 aliphatic rings. The van der Waals surface area contributed by atoms with Gasteiger partial charge in [0.25, 0.3) is 0 Å². The van der Waals surface area contributed by atoms with Gasteiger partial charge in [-0.05, 0) is 28.1 Å². The van der Waals surface area contributed by atoms with Crippen LogP contribution in [0.4, 0.5) is 0 Å². The summed E-state index contributed by atoms with van der Waals surface area (Å²) in [5.74, 6) is -0.736. The number of piperazine rings is 1. The van der Waals surface area contributed by atoms with Gasteiger partial charge in [0, 0.05) is 37.6 Å². The van der Waals surface area contributed by atoms with Crippen LogP contribution in [0.5, 0.6) is 0 Å². The lowest BCUT2D eigenvalue weighted by Gasteiger charge is -2.33. The lowest BCUT2D eigenvalue weighted by atomic mass is 10.3. The fourth-order valence-electron chi connectivity index (χ4n) is 1.95. The van der Waals surface area contributed by atoms with E-state index in [4.69, 9.17) is 5.11 Å². The second-order valence-electron chi connectivity index (χ2n) is 4.15. The third kappa shape index (κ3) is 4.06. The number of carbonyl (C=O) groups is 1. The first-order valence-corrected chi connectivity index (χ1v) is 7.15. The quantitative estimate of drug-likeness (QED) is 0.918. The minimum atomic E-state index is -0.736. The maximum atomic E-state index is 10.6. The molecule has 2 heterocycles. The van der Waals surface area contributed by atoms with E-state index in [0.29, 0.717) is 0 Å². The van der Waals surface area contributed by atoms with Gasteiger partial charge in [-0.15, -0.1) is 11.3 Å². The monoisotopic (exact) mass is 318 g/mol. The Morgan fingerprint density at radius 1 is 1.29 bits per heavy atom. The Balaban J connectivity index is 1.77. The molecule has 0 unspecified atom stereocenters. The Kier molecular flexibility index (Phi) is 4.55. The smallest absolute Gasteiger partial charge is 0.317 e. The second kappa shape index (κ2) is 5.95. The number of aliphatic carboxylic acids is 1. The molecule has 17 heavy (non-hydrogen) atoms. The number of thiophene rings is 1. The number of rotatable bonds is 4. The molecule has 6 heteroatoms. The molecular formula is C11H15BrN2O2S. The maximum Gasteiger partial charge on any atom is 0.317 e. The van der Waals surface area contributed by atoms with Gasteiger partial charge in [0.1, 0.15) is 0 Å². The molecular weight excluding hydrogens is 304 g/mol. The Morgan fingerprint density at radius 2 is 1.94 bits per heavy atom. The first kappa shape index (κ1) is 13.0. The van der Waals surface area contributed by atoms with Crippen molar-refractivity contribution in [2.45, 2.75) is 6.54 Å². The summed E-state index contributed by atoms with van der Waals surface area (Å²) >= 11 is 5.22. The Hall–Kier alpha value is -0.430. The lowest BCUT2D eigenvalue weighted by molar-refractivity contribution is -0.138. The Morgan fingerprint density at radius 3 is 2.47 bits per heavy atom. The van der Waals surface area contributed by atoms with Gasteiger partial charge < -0.3 is 5.11 Å². The van der Waals surface area contributed by atoms with E-state index in [1.165, 1.54) is 4.88 Å². The molecule has 1 N–H and O–H groups in total. The number of carboxylic acid groups (broad SMARTS) is 1. The molecule has 0 radical (unpaired) electrons. The van der Waals surface area contributed by atoms with Crippen LogP contribution in [-0.2, 0) is 11.3 Å². The molecule has 0 atom stereocenters. The van der Waals surface area contributed by atoms with Gasteiger partial charge in [-0.3, -0.25) is 14.6 Å². The van der Waals surface area contributed by atoms with Crippen molar-refractivity contribution in [3.63, 3.8) is 0 Å². The van der Waals surface area contributed by atoms with Crippen molar-refractivity contribution in [2.75, 3.05) is 32.7 Å². The molecule has 94 valence electrons. The van der Waals surface area contributed by atoms with E-state index in [1.807, 2.05) is 4.90 Å². The highest BCUT2D eigenvalue weighted by Crippen LogP contribution is 2.23. The van der Waals surface area contributed by atoms with Gasteiger partial charge >= 0.3 is 5.97 Å². The van der Waals surface area contributed by atoms with Crippen molar-refractivity contribution in [1.82, 2.24) is 9.80 Å². The Bertz CT molecular complexity index is 389. The van der Waals surface area contributed by atoms with Gasteiger partial charge in [0.2, 0.25) is 0 Å². The van der Waals surface area contributed by atoms with Crippen LogP contribution >= 0.6 is 27.3 Å². The minimum Gasteiger partial charge on any atom is -0.480 e. The molecule has 1 aromatic rings. The predicted molar refractivity (Wildman–Crippen MR) is 71.4 cm³/mol. The predicted octanol–water partition coefficient (Wildman–Crippen LogP) is 1.71. The lowest BCUT2D eigenvalue weighted by Crippen LogP contribution is -2.47. The van der Waals surface area contributed by atoms with Crippen molar-refractivity contribution in [2.24, 2.45) is 0 Å². The molecule has 0 aliphatic carbocycles. The molecule has 0 aromatic carbocycles. The molecule has 1 aromatic heterocycles. The van der Waals surface area contributed by atoms with E-state index in [9.17, 15) is 4.79 Å². The Labute approximate surface area is 113 Å². The van der Waals surface area contributed by atoms with Crippen LogP contribution in [0.25, 0.3) is 0 Å². The van der Waals surface area contributed by atoms with Crippen molar-refractivity contribution in [3.8, 4) is 0 Å². The average molecular weight is 319 g/mol. The number of carboxylic acids is 1. The largest absolute Gasteiger partial charge is 0.480 e. The summed E-state index contributed by atoms with van der Waals surface area (Å²) in [7, 11) is 0. The van der Waals surface area contributed by atoms with Crippen molar-refractivity contribution < 1.29 is 9.90 Å². The summed E-state index contributed by atoms with van der Waals surface area (Å²) in [4.78, 5) is 16.3. The van der Waals surface area contributed by atoms with Crippen LogP contribution in [0.1, 0.15) is 4.88 Å². The van der Waals surface area contributed by atoms with E-state index < -0.39 is 5.97 Å². The summed E-state index contributed by atoms with van der Waals surface area (Å²) in [5.41, 5.74) is 0. The molecule has 1 aliphatic heterocycles.